The summed E-state index contributed by atoms with van der Waals surface area (Å²) in [5.74, 6) is 0.312. The van der Waals surface area contributed by atoms with E-state index in [1.54, 1.807) is 35.6 Å². The van der Waals surface area contributed by atoms with Crippen LogP contribution in [0.2, 0.25) is 0 Å². The van der Waals surface area contributed by atoms with Crippen LogP contribution in [-0.2, 0) is 11.1 Å². The Balaban J connectivity index is 2.00. The smallest absolute Gasteiger partial charge is 0.203 e. The van der Waals surface area contributed by atoms with Gasteiger partial charge in [0.15, 0.2) is 0 Å². The van der Waals surface area contributed by atoms with E-state index in [1.165, 1.54) is 18.4 Å². The molecule has 1 unspecified atom stereocenters. The van der Waals surface area contributed by atoms with E-state index in [4.69, 9.17) is 4.18 Å². The van der Waals surface area contributed by atoms with Crippen LogP contribution in [0.1, 0.15) is 0 Å². The number of benzene rings is 2. The number of hydrogen-bond acceptors (Lipinski definition) is 3. The first kappa shape index (κ1) is 16.4. The Morgan fingerprint density at radius 1 is 1.04 bits per heavy atom. The molecule has 1 aromatic heterocycles. The molecule has 0 aliphatic heterocycles. The molecular weight excluding hydrogens is 399 g/mol. The quantitative estimate of drug-likeness (QED) is 0.554. The highest BCUT2D eigenvalue weighted by Crippen LogP contribution is 2.41. The maximum Gasteiger partial charge on any atom is 0.203 e. The third-order valence-electron chi connectivity index (χ3n) is 3.19. The minimum absolute atomic E-state index is 0.250. The second-order valence-electron chi connectivity index (χ2n) is 4.81. The number of halogens is 2. The molecule has 1 atom stereocenters. The average Bonchev–Trinajstić information content (AvgIpc) is 2.90. The molecule has 0 saturated heterocycles. The van der Waals surface area contributed by atoms with Gasteiger partial charge in [-0.1, -0.05) is 24.3 Å². The lowest BCUT2D eigenvalue weighted by molar-refractivity contribution is 0.568. The summed E-state index contributed by atoms with van der Waals surface area (Å²) in [4.78, 5) is 1.06. The predicted octanol–water partition coefficient (Wildman–Crippen LogP) is 5.66. The van der Waals surface area contributed by atoms with Gasteiger partial charge in [-0.3, -0.25) is 0 Å². The fourth-order valence-corrected chi connectivity index (χ4v) is 4.23. The molecule has 6 heteroatoms. The molecule has 0 fully saturated rings. The fourth-order valence-electron chi connectivity index (χ4n) is 2.22. The van der Waals surface area contributed by atoms with Crippen molar-refractivity contribution in [2.75, 3.05) is 6.26 Å². The van der Waals surface area contributed by atoms with Crippen molar-refractivity contribution in [3.05, 3.63) is 64.2 Å². The van der Waals surface area contributed by atoms with E-state index in [0.717, 1.165) is 25.4 Å². The molecule has 3 aromatic rings. The van der Waals surface area contributed by atoms with Gasteiger partial charge in [-0.2, -0.15) is 0 Å². The zero-order chi connectivity index (χ0) is 16.4. The van der Waals surface area contributed by atoms with E-state index in [9.17, 15) is 8.60 Å². The third kappa shape index (κ3) is 3.88. The van der Waals surface area contributed by atoms with Crippen LogP contribution in [-0.4, -0.2) is 10.5 Å². The Morgan fingerprint density at radius 2 is 1.65 bits per heavy atom. The molecule has 2 aromatic carbocycles. The topological polar surface area (TPSA) is 26.3 Å². The summed E-state index contributed by atoms with van der Waals surface area (Å²) in [6, 6.07) is 15.9. The van der Waals surface area contributed by atoms with Gasteiger partial charge in [0.05, 0.1) is 3.79 Å². The minimum Gasteiger partial charge on any atom is -0.401 e. The molecule has 0 N–H and O–H groups in total. The van der Waals surface area contributed by atoms with Crippen LogP contribution in [0.25, 0.3) is 21.6 Å². The zero-order valence-corrected chi connectivity index (χ0v) is 15.3. The van der Waals surface area contributed by atoms with Crippen LogP contribution in [0.3, 0.4) is 0 Å². The van der Waals surface area contributed by atoms with Gasteiger partial charge in [-0.15, -0.1) is 11.3 Å². The highest BCUT2D eigenvalue weighted by Gasteiger charge is 2.12. The Hall–Kier alpha value is -1.50. The van der Waals surface area contributed by atoms with Crippen molar-refractivity contribution in [2.45, 2.75) is 0 Å². The van der Waals surface area contributed by atoms with Gasteiger partial charge >= 0.3 is 0 Å². The summed E-state index contributed by atoms with van der Waals surface area (Å²) < 4.78 is 30.4. The van der Waals surface area contributed by atoms with E-state index in [-0.39, 0.29) is 5.82 Å². The van der Waals surface area contributed by atoms with E-state index in [0.29, 0.717) is 5.75 Å². The van der Waals surface area contributed by atoms with Crippen molar-refractivity contribution in [1.82, 2.24) is 0 Å². The van der Waals surface area contributed by atoms with E-state index in [2.05, 4.69) is 15.9 Å². The maximum atomic E-state index is 13.1. The fraction of sp³-hybridized carbons (Fsp3) is 0.0588. The minimum atomic E-state index is -1.34. The monoisotopic (exact) mass is 410 g/mol. The lowest BCUT2D eigenvalue weighted by Gasteiger charge is -2.06. The van der Waals surface area contributed by atoms with Crippen molar-refractivity contribution >= 4 is 38.3 Å². The van der Waals surface area contributed by atoms with Crippen molar-refractivity contribution in [2.24, 2.45) is 0 Å². The van der Waals surface area contributed by atoms with Gasteiger partial charge in [0.25, 0.3) is 0 Å². The van der Waals surface area contributed by atoms with Crippen LogP contribution in [0.5, 0.6) is 5.75 Å². The average molecular weight is 411 g/mol. The second kappa shape index (κ2) is 6.95. The normalized spacial score (nSPS) is 12.1. The molecular formula is C17H12BrFO2S2. The largest absolute Gasteiger partial charge is 0.401 e. The third-order valence-corrected chi connectivity index (χ3v) is 5.30. The van der Waals surface area contributed by atoms with Crippen LogP contribution < -0.4 is 4.18 Å². The Morgan fingerprint density at radius 3 is 2.26 bits per heavy atom. The van der Waals surface area contributed by atoms with Gasteiger partial charge in [0.1, 0.15) is 11.6 Å². The molecule has 3 rings (SSSR count). The summed E-state index contributed by atoms with van der Waals surface area (Å²) in [6.45, 7) is 0. The number of thiophene rings is 1. The molecule has 0 spiro atoms. The number of rotatable bonds is 4. The van der Waals surface area contributed by atoms with Crippen molar-refractivity contribution < 1.29 is 12.8 Å². The van der Waals surface area contributed by atoms with Crippen molar-refractivity contribution in [3.8, 4) is 27.3 Å². The van der Waals surface area contributed by atoms with Gasteiger partial charge in [-0.05, 0) is 57.4 Å². The molecule has 0 aliphatic rings. The summed E-state index contributed by atoms with van der Waals surface area (Å²) in [6.07, 6.45) is 1.48. The molecule has 0 amide bonds. The Bertz CT molecular complexity index is 842. The van der Waals surface area contributed by atoms with Crippen LogP contribution in [0.4, 0.5) is 4.39 Å². The van der Waals surface area contributed by atoms with Crippen molar-refractivity contribution in [3.63, 3.8) is 0 Å². The highest BCUT2D eigenvalue weighted by molar-refractivity contribution is 9.11. The maximum absolute atomic E-state index is 13.1. The molecule has 118 valence electrons. The van der Waals surface area contributed by atoms with Gasteiger partial charge in [0, 0.05) is 16.7 Å². The molecule has 0 saturated carbocycles. The summed E-state index contributed by atoms with van der Waals surface area (Å²) in [7, 11) is 0. The zero-order valence-electron chi connectivity index (χ0n) is 12.1. The Labute approximate surface area is 148 Å². The van der Waals surface area contributed by atoms with Crippen LogP contribution >= 0.6 is 27.3 Å². The van der Waals surface area contributed by atoms with E-state index < -0.39 is 11.1 Å². The van der Waals surface area contributed by atoms with Gasteiger partial charge < -0.3 is 4.18 Å². The Kier molecular flexibility index (Phi) is 4.94. The van der Waals surface area contributed by atoms with Crippen LogP contribution in [0, 0.1) is 5.82 Å². The summed E-state index contributed by atoms with van der Waals surface area (Å²) in [5, 5.41) is 0. The molecule has 0 bridgehead atoms. The molecule has 0 aliphatic carbocycles. The summed E-state index contributed by atoms with van der Waals surface area (Å²) >= 11 is 3.78. The standard InChI is InChI=1S/C17H12BrFO2S2/c1-23(20)21-14-8-4-11(5-9-14)15-10-16(18)22-17(15)12-2-6-13(19)7-3-12/h2-10H,1H3. The van der Waals surface area contributed by atoms with Gasteiger partial charge in [0.2, 0.25) is 11.1 Å². The SMILES string of the molecule is CS(=O)Oc1ccc(-c2cc(Br)sc2-c2ccc(F)cc2)cc1. The summed E-state index contributed by atoms with van der Waals surface area (Å²) in [5.41, 5.74) is 3.03. The number of hydrogen-bond donors (Lipinski definition) is 0. The first-order valence-corrected chi connectivity index (χ1v) is 9.79. The van der Waals surface area contributed by atoms with Gasteiger partial charge in [-0.25, -0.2) is 8.60 Å². The van der Waals surface area contributed by atoms with E-state index >= 15 is 0 Å². The first-order valence-electron chi connectivity index (χ1n) is 6.70. The molecule has 0 radical (unpaired) electrons. The lowest BCUT2D eigenvalue weighted by Crippen LogP contribution is -1.95. The molecule has 23 heavy (non-hydrogen) atoms. The second-order valence-corrected chi connectivity index (χ2v) is 8.21. The first-order chi connectivity index (χ1) is 11.0. The predicted molar refractivity (Wildman–Crippen MR) is 97.5 cm³/mol. The van der Waals surface area contributed by atoms with Crippen LogP contribution in [0.15, 0.2) is 58.4 Å². The molecule has 1 heterocycles. The molecule has 2 nitrogen and oxygen atoms in total. The van der Waals surface area contributed by atoms with Crippen molar-refractivity contribution in [1.29, 1.82) is 0 Å². The lowest BCUT2D eigenvalue weighted by atomic mass is 10.0. The highest BCUT2D eigenvalue weighted by atomic mass is 79.9. The van der Waals surface area contributed by atoms with E-state index in [1.807, 2.05) is 18.2 Å².